The lowest BCUT2D eigenvalue weighted by atomic mass is 10.2. The van der Waals surface area contributed by atoms with Gasteiger partial charge in [-0.3, -0.25) is 4.99 Å². The summed E-state index contributed by atoms with van der Waals surface area (Å²) in [6.45, 7) is 1.78. The van der Waals surface area contributed by atoms with Crippen LogP contribution in [-0.2, 0) is 6.54 Å². The predicted molar refractivity (Wildman–Crippen MR) is 98.1 cm³/mol. The van der Waals surface area contributed by atoms with E-state index in [1.54, 1.807) is 20.2 Å². The molecule has 6 heteroatoms. The Bertz CT molecular complexity index is 663. The van der Waals surface area contributed by atoms with Gasteiger partial charge >= 0.3 is 0 Å². The summed E-state index contributed by atoms with van der Waals surface area (Å²) in [7, 11) is 3.36. The van der Waals surface area contributed by atoms with Crippen LogP contribution in [0.15, 0.2) is 53.5 Å². The van der Waals surface area contributed by atoms with Gasteiger partial charge in [0.05, 0.1) is 13.7 Å². The number of benzene rings is 2. The zero-order chi connectivity index (χ0) is 17.2. The molecule has 0 spiro atoms. The second-order valence-electron chi connectivity index (χ2n) is 4.97. The third-order valence-corrected chi connectivity index (χ3v) is 3.56. The van der Waals surface area contributed by atoms with E-state index in [-0.39, 0.29) is 0 Å². The lowest BCUT2D eigenvalue weighted by molar-refractivity contribution is 0.322. The molecule has 0 aliphatic heterocycles. The number of halogens is 1. The van der Waals surface area contributed by atoms with Crippen molar-refractivity contribution in [3.63, 3.8) is 0 Å². The molecule has 2 N–H and O–H groups in total. The van der Waals surface area contributed by atoms with Crippen LogP contribution in [0.1, 0.15) is 5.56 Å². The van der Waals surface area contributed by atoms with Crippen LogP contribution >= 0.6 is 11.6 Å². The number of nitrogens with zero attached hydrogens (tertiary/aromatic N) is 1. The predicted octanol–water partition coefficient (Wildman–Crippen LogP) is 3.09. The minimum atomic E-state index is 0.551. The van der Waals surface area contributed by atoms with E-state index in [1.807, 2.05) is 42.5 Å². The molecule has 0 aliphatic carbocycles. The van der Waals surface area contributed by atoms with Gasteiger partial charge in [-0.25, -0.2) is 0 Å². The summed E-state index contributed by atoms with van der Waals surface area (Å²) in [5, 5.41) is 7.09. The van der Waals surface area contributed by atoms with Crippen molar-refractivity contribution in [1.29, 1.82) is 0 Å². The molecule has 0 fully saturated rings. The summed E-state index contributed by atoms with van der Waals surface area (Å²) in [4.78, 5) is 4.19. The van der Waals surface area contributed by atoms with E-state index in [1.165, 1.54) is 0 Å². The van der Waals surface area contributed by atoms with Crippen LogP contribution in [-0.4, -0.2) is 33.3 Å². The van der Waals surface area contributed by atoms with Crippen molar-refractivity contribution in [2.45, 2.75) is 6.54 Å². The fourth-order valence-electron chi connectivity index (χ4n) is 2.12. The number of guanidine groups is 1. The van der Waals surface area contributed by atoms with Crippen molar-refractivity contribution in [3.05, 3.63) is 59.1 Å². The second kappa shape index (κ2) is 9.67. The van der Waals surface area contributed by atoms with Gasteiger partial charge in [-0.05, 0) is 24.3 Å². The fourth-order valence-corrected chi connectivity index (χ4v) is 2.28. The summed E-state index contributed by atoms with van der Waals surface area (Å²) in [5.41, 5.74) is 1.00. The fraction of sp³-hybridized carbons (Fsp3) is 0.278. The van der Waals surface area contributed by atoms with E-state index in [0.29, 0.717) is 30.7 Å². The molecule has 0 saturated heterocycles. The largest absolute Gasteiger partial charge is 0.496 e. The monoisotopic (exact) mass is 347 g/mol. The smallest absolute Gasteiger partial charge is 0.191 e. The molecule has 0 aromatic heterocycles. The number of para-hydroxylation sites is 1. The van der Waals surface area contributed by atoms with Crippen molar-refractivity contribution >= 4 is 17.6 Å². The van der Waals surface area contributed by atoms with Crippen LogP contribution < -0.4 is 20.1 Å². The maximum Gasteiger partial charge on any atom is 0.191 e. The summed E-state index contributed by atoms with van der Waals surface area (Å²) < 4.78 is 11.0. The number of rotatable bonds is 7. The van der Waals surface area contributed by atoms with Crippen molar-refractivity contribution in [2.24, 2.45) is 4.99 Å². The normalized spacial score (nSPS) is 11.0. The van der Waals surface area contributed by atoms with Gasteiger partial charge in [0.15, 0.2) is 5.96 Å². The van der Waals surface area contributed by atoms with Crippen LogP contribution in [0.2, 0.25) is 5.02 Å². The summed E-state index contributed by atoms with van der Waals surface area (Å²) in [6.07, 6.45) is 0. The lowest BCUT2D eigenvalue weighted by Crippen LogP contribution is -2.38. The molecule has 0 bridgehead atoms. The highest BCUT2D eigenvalue weighted by Crippen LogP contribution is 2.22. The van der Waals surface area contributed by atoms with Gasteiger partial charge in [0, 0.05) is 24.2 Å². The van der Waals surface area contributed by atoms with Gasteiger partial charge in [-0.1, -0.05) is 35.9 Å². The first-order chi connectivity index (χ1) is 11.7. The van der Waals surface area contributed by atoms with Crippen molar-refractivity contribution in [1.82, 2.24) is 10.6 Å². The number of ether oxygens (including phenoxy) is 2. The Morgan fingerprint density at radius 2 is 1.92 bits per heavy atom. The first-order valence-corrected chi connectivity index (χ1v) is 8.05. The zero-order valence-electron chi connectivity index (χ0n) is 13.9. The van der Waals surface area contributed by atoms with Gasteiger partial charge < -0.3 is 20.1 Å². The van der Waals surface area contributed by atoms with E-state index in [4.69, 9.17) is 21.1 Å². The molecule has 128 valence electrons. The van der Waals surface area contributed by atoms with E-state index in [2.05, 4.69) is 15.6 Å². The molecule has 0 aliphatic rings. The first kappa shape index (κ1) is 17.9. The van der Waals surface area contributed by atoms with Crippen LogP contribution in [0.4, 0.5) is 0 Å². The third-order valence-electron chi connectivity index (χ3n) is 3.33. The van der Waals surface area contributed by atoms with Gasteiger partial charge in [-0.15, -0.1) is 0 Å². The molecular formula is C18H22ClN3O2. The highest BCUT2D eigenvalue weighted by molar-refractivity contribution is 6.30. The Labute approximate surface area is 147 Å². The average Bonchev–Trinajstić information content (AvgIpc) is 2.62. The minimum Gasteiger partial charge on any atom is -0.496 e. The quantitative estimate of drug-likeness (QED) is 0.459. The number of hydrogen-bond donors (Lipinski definition) is 2. The molecule has 5 nitrogen and oxygen atoms in total. The molecule has 0 unspecified atom stereocenters. The second-order valence-corrected chi connectivity index (χ2v) is 5.41. The Morgan fingerprint density at radius 1 is 1.12 bits per heavy atom. The third kappa shape index (κ3) is 5.66. The molecule has 0 radical (unpaired) electrons. The van der Waals surface area contributed by atoms with Gasteiger partial charge in [0.1, 0.15) is 18.1 Å². The van der Waals surface area contributed by atoms with E-state index < -0.39 is 0 Å². The van der Waals surface area contributed by atoms with Gasteiger partial charge in [0.2, 0.25) is 0 Å². The molecule has 0 amide bonds. The highest BCUT2D eigenvalue weighted by atomic mass is 35.5. The topological polar surface area (TPSA) is 54.9 Å². The van der Waals surface area contributed by atoms with Crippen LogP contribution in [0.25, 0.3) is 0 Å². The van der Waals surface area contributed by atoms with Crippen LogP contribution in [0.3, 0.4) is 0 Å². The van der Waals surface area contributed by atoms with Crippen LogP contribution in [0, 0.1) is 0 Å². The number of nitrogens with one attached hydrogen (secondary N) is 2. The SMILES string of the molecule is CN=C(NCCOc1ccccc1)NCc1ccc(Cl)cc1OC. The van der Waals surface area contributed by atoms with Gasteiger partial charge in [0.25, 0.3) is 0 Å². The van der Waals surface area contributed by atoms with E-state index in [0.717, 1.165) is 17.1 Å². The lowest BCUT2D eigenvalue weighted by Gasteiger charge is -2.14. The first-order valence-electron chi connectivity index (χ1n) is 7.67. The Morgan fingerprint density at radius 3 is 2.62 bits per heavy atom. The van der Waals surface area contributed by atoms with Gasteiger partial charge in [-0.2, -0.15) is 0 Å². The number of hydrogen-bond acceptors (Lipinski definition) is 3. The summed E-state index contributed by atoms with van der Waals surface area (Å²) in [6, 6.07) is 15.3. The zero-order valence-corrected chi connectivity index (χ0v) is 14.6. The standard InChI is InChI=1S/C18H22ClN3O2/c1-20-18(21-10-11-24-16-6-4-3-5-7-16)22-13-14-8-9-15(19)12-17(14)23-2/h3-9,12H,10-11,13H2,1-2H3,(H2,20,21,22). The van der Waals surface area contributed by atoms with E-state index >= 15 is 0 Å². The molecule has 0 saturated carbocycles. The highest BCUT2D eigenvalue weighted by Gasteiger charge is 2.05. The van der Waals surface area contributed by atoms with Crippen molar-refractivity contribution in [2.75, 3.05) is 27.3 Å². The maximum absolute atomic E-state index is 5.97. The molecular weight excluding hydrogens is 326 g/mol. The average molecular weight is 348 g/mol. The molecule has 2 aromatic carbocycles. The maximum atomic E-state index is 5.97. The molecule has 0 heterocycles. The minimum absolute atomic E-state index is 0.551. The Kier molecular flexibility index (Phi) is 7.23. The molecule has 0 atom stereocenters. The summed E-state index contributed by atoms with van der Waals surface area (Å²) >= 11 is 5.97. The Hall–Kier alpha value is -2.40. The molecule has 2 aromatic rings. The van der Waals surface area contributed by atoms with E-state index in [9.17, 15) is 0 Å². The Balaban J connectivity index is 1.76. The van der Waals surface area contributed by atoms with Crippen molar-refractivity contribution < 1.29 is 9.47 Å². The van der Waals surface area contributed by atoms with Crippen molar-refractivity contribution in [3.8, 4) is 11.5 Å². The number of aliphatic imine (C=N–C) groups is 1. The van der Waals surface area contributed by atoms with Crippen LogP contribution in [0.5, 0.6) is 11.5 Å². The molecule has 2 rings (SSSR count). The molecule has 24 heavy (non-hydrogen) atoms. The number of methoxy groups -OCH3 is 1. The summed E-state index contributed by atoms with van der Waals surface area (Å²) in [5.74, 6) is 2.30.